The highest BCUT2D eigenvalue weighted by Gasteiger charge is 2.19. The van der Waals surface area contributed by atoms with E-state index in [0.29, 0.717) is 31.6 Å². The number of nitrogens with zero attached hydrogens (tertiary/aromatic N) is 3. The van der Waals surface area contributed by atoms with E-state index >= 15 is 0 Å². The number of rotatable bonds is 3. The zero-order valence-corrected chi connectivity index (χ0v) is 8.43. The number of ether oxygens (including phenoxy) is 1. The molecule has 0 spiro atoms. The van der Waals surface area contributed by atoms with Crippen LogP contribution in [0.4, 0.5) is 5.95 Å². The van der Waals surface area contributed by atoms with Crippen LogP contribution >= 0.6 is 0 Å². The van der Waals surface area contributed by atoms with Crippen molar-refractivity contribution in [1.29, 1.82) is 0 Å². The van der Waals surface area contributed by atoms with Crippen molar-refractivity contribution in [2.45, 2.75) is 6.04 Å². The molecule has 0 aliphatic carbocycles. The molecule has 1 fully saturated rings. The van der Waals surface area contributed by atoms with Crippen molar-refractivity contribution < 1.29 is 9.26 Å². The molecule has 2 heterocycles. The van der Waals surface area contributed by atoms with Crippen LogP contribution in [-0.2, 0) is 4.74 Å². The van der Waals surface area contributed by atoms with Crippen LogP contribution in [0.2, 0.25) is 0 Å². The van der Waals surface area contributed by atoms with Crippen molar-refractivity contribution in [3.05, 3.63) is 5.89 Å². The minimum Gasteiger partial charge on any atom is -0.378 e. The Morgan fingerprint density at radius 2 is 2.13 bits per heavy atom. The Labute approximate surface area is 87.4 Å². The van der Waals surface area contributed by atoms with Crippen LogP contribution in [0.1, 0.15) is 11.9 Å². The summed E-state index contributed by atoms with van der Waals surface area (Å²) in [5, 5.41) is 3.86. The van der Waals surface area contributed by atoms with Gasteiger partial charge in [-0.15, -0.1) is 0 Å². The molecular formula is C8H15N5O2. The Morgan fingerprint density at radius 1 is 1.40 bits per heavy atom. The molecule has 4 N–H and O–H groups in total. The highest BCUT2D eigenvalue weighted by molar-refractivity contribution is 5.28. The maximum atomic E-state index is 5.67. The molecule has 15 heavy (non-hydrogen) atoms. The summed E-state index contributed by atoms with van der Waals surface area (Å²) in [5.41, 5.74) is 11.1. The fourth-order valence-electron chi connectivity index (χ4n) is 1.37. The fraction of sp³-hybridized carbons (Fsp3) is 0.750. The molecule has 84 valence electrons. The first-order valence-corrected chi connectivity index (χ1v) is 4.93. The van der Waals surface area contributed by atoms with Gasteiger partial charge in [-0.05, 0) is 5.16 Å². The third kappa shape index (κ3) is 2.25. The fourth-order valence-corrected chi connectivity index (χ4v) is 1.37. The van der Waals surface area contributed by atoms with Crippen molar-refractivity contribution in [2.24, 2.45) is 11.5 Å². The van der Waals surface area contributed by atoms with Gasteiger partial charge in [-0.2, -0.15) is 4.98 Å². The van der Waals surface area contributed by atoms with Crippen LogP contribution in [0.5, 0.6) is 0 Å². The van der Waals surface area contributed by atoms with E-state index in [0.717, 1.165) is 13.1 Å². The molecule has 0 bridgehead atoms. The molecule has 7 heteroatoms. The highest BCUT2D eigenvalue weighted by atomic mass is 16.5. The number of hydrogen-bond donors (Lipinski definition) is 2. The molecule has 0 saturated carbocycles. The second kappa shape index (κ2) is 4.56. The average Bonchev–Trinajstić information content (AvgIpc) is 2.78. The van der Waals surface area contributed by atoms with Gasteiger partial charge in [0.1, 0.15) is 0 Å². The van der Waals surface area contributed by atoms with E-state index in [2.05, 4.69) is 10.1 Å². The van der Waals surface area contributed by atoms with Crippen molar-refractivity contribution in [1.82, 2.24) is 10.1 Å². The summed E-state index contributed by atoms with van der Waals surface area (Å²) in [7, 11) is 0. The van der Waals surface area contributed by atoms with Gasteiger partial charge in [-0.3, -0.25) is 0 Å². The molecule has 1 unspecified atom stereocenters. The number of nitrogens with two attached hydrogens (primary N) is 2. The van der Waals surface area contributed by atoms with Crippen molar-refractivity contribution in [2.75, 3.05) is 37.7 Å². The van der Waals surface area contributed by atoms with Gasteiger partial charge in [-0.25, -0.2) is 0 Å². The maximum absolute atomic E-state index is 5.67. The quantitative estimate of drug-likeness (QED) is 0.654. The van der Waals surface area contributed by atoms with Crippen molar-refractivity contribution in [3.8, 4) is 0 Å². The van der Waals surface area contributed by atoms with Gasteiger partial charge < -0.3 is 25.6 Å². The smallest absolute Gasteiger partial charge is 0.266 e. The summed E-state index contributed by atoms with van der Waals surface area (Å²) in [6.07, 6.45) is 0. The molecule has 0 aromatic carbocycles. The molecule has 1 atom stereocenters. The lowest BCUT2D eigenvalue weighted by atomic mass is 10.3. The third-order valence-corrected chi connectivity index (χ3v) is 2.30. The second-order valence-corrected chi connectivity index (χ2v) is 3.37. The zero-order valence-electron chi connectivity index (χ0n) is 8.43. The molecular weight excluding hydrogens is 198 g/mol. The molecule has 0 radical (unpaired) electrons. The molecule has 2 rings (SSSR count). The van der Waals surface area contributed by atoms with Gasteiger partial charge in [0.05, 0.1) is 19.3 Å². The normalized spacial score (nSPS) is 19.2. The summed E-state index contributed by atoms with van der Waals surface area (Å²) >= 11 is 0. The lowest BCUT2D eigenvalue weighted by Gasteiger charge is -2.24. The second-order valence-electron chi connectivity index (χ2n) is 3.37. The van der Waals surface area contributed by atoms with E-state index in [9.17, 15) is 0 Å². The summed E-state index contributed by atoms with van der Waals surface area (Å²) in [6, 6.07) is -0.382. The predicted molar refractivity (Wildman–Crippen MR) is 53.3 cm³/mol. The Balaban J connectivity index is 2.05. The number of aromatic nitrogens is 2. The monoisotopic (exact) mass is 213 g/mol. The lowest BCUT2D eigenvalue weighted by molar-refractivity contribution is 0.121. The summed E-state index contributed by atoms with van der Waals surface area (Å²) in [6.45, 7) is 3.22. The molecule has 1 aromatic heterocycles. The summed E-state index contributed by atoms with van der Waals surface area (Å²) in [5.74, 6) is 0.955. The third-order valence-electron chi connectivity index (χ3n) is 2.30. The van der Waals surface area contributed by atoms with Gasteiger partial charge in [0.2, 0.25) is 5.89 Å². The van der Waals surface area contributed by atoms with E-state index in [1.54, 1.807) is 0 Å². The number of morpholine rings is 1. The van der Waals surface area contributed by atoms with Crippen LogP contribution in [0, 0.1) is 0 Å². The van der Waals surface area contributed by atoms with E-state index in [1.807, 2.05) is 4.90 Å². The Hall–Kier alpha value is -1.18. The van der Waals surface area contributed by atoms with Crippen LogP contribution in [-0.4, -0.2) is 43.0 Å². The van der Waals surface area contributed by atoms with Gasteiger partial charge >= 0.3 is 0 Å². The number of anilines is 1. The largest absolute Gasteiger partial charge is 0.378 e. The van der Waals surface area contributed by atoms with Crippen LogP contribution < -0.4 is 16.4 Å². The predicted octanol–water partition coefficient (Wildman–Crippen LogP) is -1.14. The Kier molecular flexibility index (Phi) is 3.14. The summed E-state index contributed by atoms with van der Waals surface area (Å²) in [4.78, 5) is 6.19. The van der Waals surface area contributed by atoms with Gasteiger partial charge in [-0.1, -0.05) is 0 Å². The van der Waals surface area contributed by atoms with E-state index in [-0.39, 0.29) is 6.04 Å². The van der Waals surface area contributed by atoms with Crippen LogP contribution in [0.25, 0.3) is 0 Å². The van der Waals surface area contributed by atoms with E-state index in [1.165, 1.54) is 0 Å². The topological polar surface area (TPSA) is 103 Å². The van der Waals surface area contributed by atoms with Crippen molar-refractivity contribution in [3.63, 3.8) is 0 Å². The number of hydrogen-bond acceptors (Lipinski definition) is 7. The van der Waals surface area contributed by atoms with Crippen molar-refractivity contribution >= 4 is 5.95 Å². The molecule has 7 nitrogen and oxygen atoms in total. The minimum atomic E-state index is -0.382. The Bertz CT molecular complexity index is 310. The standard InChI is InChI=1S/C8H15N5O2/c9-5-6(10)7-11-8(12-15-7)13-1-3-14-4-2-13/h6H,1-5,9-10H2. The SMILES string of the molecule is NCC(N)c1nc(N2CCOCC2)no1. The van der Waals surface area contributed by atoms with E-state index in [4.69, 9.17) is 20.7 Å². The lowest BCUT2D eigenvalue weighted by Crippen LogP contribution is -2.37. The molecule has 1 aliphatic rings. The first kappa shape index (κ1) is 10.3. The van der Waals surface area contributed by atoms with Gasteiger partial charge in [0.25, 0.3) is 5.95 Å². The Morgan fingerprint density at radius 3 is 2.80 bits per heavy atom. The maximum Gasteiger partial charge on any atom is 0.266 e. The van der Waals surface area contributed by atoms with Gasteiger partial charge in [0.15, 0.2) is 0 Å². The average molecular weight is 213 g/mol. The minimum absolute atomic E-state index is 0.296. The molecule has 0 amide bonds. The first-order chi connectivity index (χ1) is 7.31. The molecule has 1 saturated heterocycles. The first-order valence-electron chi connectivity index (χ1n) is 4.93. The molecule has 1 aliphatic heterocycles. The van der Waals surface area contributed by atoms with Gasteiger partial charge in [0, 0.05) is 19.6 Å². The summed E-state index contributed by atoms with van der Waals surface area (Å²) < 4.78 is 10.2. The van der Waals surface area contributed by atoms with Crippen LogP contribution in [0.15, 0.2) is 4.52 Å². The van der Waals surface area contributed by atoms with E-state index < -0.39 is 0 Å². The van der Waals surface area contributed by atoms with Crippen LogP contribution in [0.3, 0.4) is 0 Å². The molecule has 1 aromatic rings. The highest BCUT2D eigenvalue weighted by Crippen LogP contribution is 2.14. The zero-order chi connectivity index (χ0) is 10.7.